The molecule has 2 heterocycles. The topological polar surface area (TPSA) is 82.5 Å². The highest BCUT2D eigenvalue weighted by Gasteiger charge is 2.27. The fourth-order valence-corrected chi connectivity index (χ4v) is 3.67. The van der Waals surface area contributed by atoms with E-state index in [2.05, 4.69) is 25.5 Å². The Morgan fingerprint density at radius 2 is 1.77 bits per heavy atom. The molecule has 162 valence electrons. The van der Waals surface area contributed by atoms with Gasteiger partial charge in [-0.05, 0) is 32.9 Å². The van der Waals surface area contributed by atoms with Gasteiger partial charge in [0.15, 0.2) is 0 Å². The number of nitrogens with one attached hydrogen (secondary N) is 2. The van der Waals surface area contributed by atoms with Gasteiger partial charge in [0, 0.05) is 38.3 Å². The van der Waals surface area contributed by atoms with E-state index in [4.69, 9.17) is 11.6 Å². The van der Waals surface area contributed by atoms with E-state index in [9.17, 15) is 9.59 Å². The molecule has 1 aromatic carbocycles. The SMILES string of the molecule is CC(C(=O)Nc1ccnn1C(C)C)N1CCN(CC(=O)Nc2ccccc2Cl)CC1. The number of carbonyl (C=O) groups is 2. The van der Waals surface area contributed by atoms with Crippen LogP contribution in [0, 0.1) is 0 Å². The maximum Gasteiger partial charge on any atom is 0.242 e. The highest BCUT2D eigenvalue weighted by Crippen LogP contribution is 2.20. The molecular formula is C21H29ClN6O2. The molecule has 1 unspecified atom stereocenters. The summed E-state index contributed by atoms with van der Waals surface area (Å²) in [5.41, 5.74) is 0.619. The predicted octanol–water partition coefficient (Wildman–Crippen LogP) is 2.70. The van der Waals surface area contributed by atoms with Crippen LogP contribution in [0.5, 0.6) is 0 Å². The zero-order chi connectivity index (χ0) is 21.7. The summed E-state index contributed by atoms with van der Waals surface area (Å²) in [6, 6.07) is 8.90. The standard InChI is InChI=1S/C21H29ClN6O2/c1-15(2)28-19(8-9-23-28)25-21(30)16(3)27-12-10-26(11-13-27)14-20(29)24-18-7-5-4-6-17(18)22/h4-9,15-16H,10-14H2,1-3H3,(H,24,29)(H,25,30). The molecule has 1 saturated heterocycles. The van der Waals surface area contributed by atoms with Crippen molar-refractivity contribution in [1.82, 2.24) is 19.6 Å². The number of aromatic nitrogens is 2. The van der Waals surface area contributed by atoms with Gasteiger partial charge < -0.3 is 10.6 Å². The van der Waals surface area contributed by atoms with Gasteiger partial charge >= 0.3 is 0 Å². The largest absolute Gasteiger partial charge is 0.324 e. The van der Waals surface area contributed by atoms with E-state index in [1.807, 2.05) is 32.9 Å². The Kier molecular flexibility index (Phi) is 7.47. The molecule has 3 rings (SSSR count). The third-order valence-electron chi connectivity index (χ3n) is 5.26. The molecule has 2 amide bonds. The molecule has 0 saturated carbocycles. The first-order chi connectivity index (χ1) is 14.3. The summed E-state index contributed by atoms with van der Waals surface area (Å²) in [7, 11) is 0. The lowest BCUT2D eigenvalue weighted by Crippen LogP contribution is -2.53. The lowest BCUT2D eigenvalue weighted by atomic mass is 10.2. The van der Waals surface area contributed by atoms with Crippen molar-refractivity contribution in [3.05, 3.63) is 41.6 Å². The Labute approximate surface area is 182 Å². The number of amides is 2. The second-order valence-corrected chi connectivity index (χ2v) is 8.17. The number of piperazine rings is 1. The quantitative estimate of drug-likeness (QED) is 0.702. The summed E-state index contributed by atoms with van der Waals surface area (Å²) >= 11 is 6.09. The van der Waals surface area contributed by atoms with Crippen LogP contribution in [0.25, 0.3) is 0 Å². The summed E-state index contributed by atoms with van der Waals surface area (Å²) in [6.45, 7) is 9.13. The maximum atomic E-state index is 12.7. The third kappa shape index (κ3) is 5.59. The molecule has 1 fully saturated rings. The van der Waals surface area contributed by atoms with Crippen LogP contribution in [0.4, 0.5) is 11.5 Å². The second-order valence-electron chi connectivity index (χ2n) is 7.76. The average molecular weight is 433 g/mol. The average Bonchev–Trinajstić information content (AvgIpc) is 3.18. The van der Waals surface area contributed by atoms with Crippen LogP contribution in [-0.4, -0.2) is 70.2 Å². The van der Waals surface area contributed by atoms with Gasteiger partial charge in [0.05, 0.1) is 29.5 Å². The molecule has 9 heteroatoms. The monoisotopic (exact) mass is 432 g/mol. The number of hydrogen-bond acceptors (Lipinski definition) is 5. The van der Waals surface area contributed by atoms with E-state index in [0.29, 0.717) is 23.1 Å². The number of benzene rings is 1. The van der Waals surface area contributed by atoms with Crippen LogP contribution >= 0.6 is 11.6 Å². The third-order valence-corrected chi connectivity index (χ3v) is 5.59. The van der Waals surface area contributed by atoms with E-state index in [0.717, 1.165) is 26.2 Å². The van der Waals surface area contributed by atoms with Crippen LogP contribution in [0.3, 0.4) is 0 Å². The minimum atomic E-state index is -0.264. The minimum absolute atomic E-state index is 0.0534. The van der Waals surface area contributed by atoms with Gasteiger partial charge in [-0.3, -0.25) is 19.4 Å². The number of halogens is 1. The fourth-order valence-electron chi connectivity index (χ4n) is 3.49. The van der Waals surface area contributed by atoms with E-state index >= 15 is 0 Å². The number of nitrogens with zero attached hydrogens (tertiary/aromatic N) is 4. The number of para-hydroxylation sites is 1. The number of hydrogen-bond donors (Lipinski definition) is 2. The molecule has 2 N–H and O–H groups in total. The van der Waals surface area contributed by atoms with Crippen LogP contribution in [-0.2, 0) is 9.59 Å². The highest BCUT2D eigenvalue weighted by atomic mass is 35.5. The number of rotatable bonds is 7. The molecule has 0 aliphatic carbocycles. The van der Waals surface area contributed by atoms with Crippen molar-refractivity contribution in [3.8, 4) is 0 Å². The molecule has 1 aromatic heterocycles. The second kappa shape index (κ2) is 10.1. The highest BCUT2D eigenvalue weighted by molar-refractivity contribution is 6.33. The normalized spacial score (nSPS) is 16.4. The molecule has 2 aromatic rings. The van der Waals surface area contributed by atoms with Gasteiger partial charge in [0.2, 0.25) is 11.8 Å². The Bertz CT molecular complexity index is 876. The fraction of sp³-hybridized carbons (Fsp3) is 0.476. The van der Waals surface area contributed by atoms with Gasteiger partial charge in [0.1, 0.15) is 5.82 Å². The Morgan fingerprint density at radius 3 is 2.43 bits per heavy atom. The lowest BCUT2D eigenvalue weighted by molar-refractivity contribution is -0.122. The van der Waals surface area contributed by atoms with Crippen molar-refractivity contribution < 1.29 is 9.59 Å². The van der Waals surface area contributed by atoms with Crippen LogP contribution < -0.4 is 10.6 Å². The maximum absolute atomic E-state index is 12.7. The summed E-state index contributed by atoms with van der Waals surface area (Å²) in [4.78, 5) is 29.2. The van der Waals surface area contributed by atoms with Gasteiger partial charge in [-0.15, -0.1) is 0 Å². The zero-order valence-corrected chi connectivity index (χ0v) is 18.4. The molecule has 1 atom stereocenters. The molecule has 1 aliphatic rings. The van der Waals surface area contributed by atoms with Gasteiger partial charge in [0.25, 0.3) is 0 Å². The van der Waals surface area contributed by atoms with Crippen molar-refractivity contribution >= 4 is 34.9 Å². The van der Waals surface area contributed by atoms with E-state index < -0.39 is 0 Å². The van der Waals surface area contributed by atoms with Crippen LogP contribution in [0.2, 0.25) is 5.02 Å². The van der Waals surface area contributed by atoms with E-state index in [1.165, 1.54) is 0 Å². The summed E-state index contributed by atoms with van der Waals surface area (Å²) < 4.78 is 1.79. The first-order valence-corrected chi connectivity index (χ1v) is 10.6. The predicted molar refractivity (Wildman–Crippen MR) is 119 cm³/mol. The Morgan fingerprint density at radius 1 is 1.07 bits per heavy atom. The Hall–Kier alpha value is -2.42. The Balaban J connectivity index is 1.46. The van der Waals surface area contributed by atoms with Crippen LogP contribution in [0.15, 0.2) is 36.5 Å². The van der Waals surface area contributed by atoms with Crippen molar-refractivity contribution in [3.63, 3.8) is 0 Å². The smallest absolute Gasteiger partial charge is 0.242 e. The first kappa shape index (κ1) is 22.3. The number of anilines is 2. The minimum Gasteiger partial charge on any atom is -0.324 e. The lowest BCUT2D eigenvalue weighted by Gasteiger charge is -2.37. The van der Waals surface area contributed by atoms with Crippen molar-refractivity contribution in [2.45, 2.75) is 32.9 Å². The molecule has 8 nitrogen and oxygen atoms in total. The number of carbonyl (C=O) groups excluding carboxylic acids is 2. The summed E-state index contributed by atoms with van der Waals surface area (Å²) in [5, 5.41) is 10.6. The van der Waals surface area contributed by atoms with Crippen LogP contribution in [0.1, 0.15) is 26.8 Å². The van der Waals surface area contributed by atoms with Crippen molar-refractivity contribution in [2.75, 3.05) is 43.4 Å². The van der Waals surface area contributed by atoms with E-state index in [-0.39, 0.29) is 23.9 Å². The molecule has 1 aliphatic heterocycles. The van der Waals surface area contributed by atoms with Crippen molar-refractivity contribution in [2.24, 2.45) is 0 Å². The summed E-state index contributed by atoms with van der Waals surface area (Å²) in [5.74, 6) is 0.559. The van der Waals surface area contributed by atoms with Crippen molar-refractivity contribution in [1.29, 1.82) is 0 Å². The van der Waals surface area contributed by atoms with Gasteiger partial charge in [-0.1, -0.05) is 23.7 Å². The molecule has 0 bridgehead atoms. The van der Waals surface area contributed by atoms with E-state index in [1.54, 1.807) is 29.1 Å². The zero-order valence-electron chi connectivity index (χ0n) is 17.6. The van der Waals surface area contributed by atoms with Gasteiger partial charge in [-0.2, -0.15) is 5.10 Å². The molecule has 30 heavy (non-hydrogen) atoms. The molecule has 0 spiro atoms. The summed E-state index contributed by atoms with van der Waals surface area (Å²) in [6.07, 6.45) is 1.69. The molecule has 0 radical (unpaired) electrons. The molecular weight excluding hydrogens is 404 g/mol. The van der Waals surface area contributed by atoms with Gasteiger partial charge in [-0.25, -0.2) is 4.68 Å². The first-order valence-electron chi connectivity index (χ1n) is 10.2.